The number of carbonyl (C=O) groups excluding carboxylic acids is 2. The van der Waals surface area contributed by atoms with Crippen LogP contribution in [0.3, 0.4) is 0 Å². The van der Waals surface area contributed by atoms with Gasteiger partial charge in [0.05, 0.1) is 11.3 Å². The zero-order chi connectivity index (χ0) is 23.2. The van der Waals surface area contributed by atoms with Crippen LogP contribution in [0.2, 0.25) is 0 Å². The number of halogens is 1. The highest BCUT2D eigenvalue weighted by Crippen LogP contribution is 2.22. The lowest BCUT2D eigenvalue weighted by atomic mass is 10.1. The first-order valence-corrected chi connectivity index (χ1v) is 9.97. The van der Waals surface area contributed by atoms with E-state index in [0.29, 0.717) is 17.3 Å². The Morgan fingerprint density at radius 3 is 2.52 bits per heavy atom. The van der Waals surface area contributed by atoms with Gasteiger partial charge in [0.1, 0.15) is 5.82 Å². The zero-order valence-corrected chi connectivity index (χ0v) is 17.5. The van der Waals surface area contributed by atoms with Gasteiger partial charge in [-0.3, -0.25) is 25.4 Å². The molecule has 2 heterocycles. The van der Waals surface area contributed by atoms with E-state index in [9.17, 15) is 14.0 Å². The van der Waals surface area contributed by atoms with Crippen LogP contribution in [0.4, 0.5) is 16.0 Å². The molecule has 2 aromatic carbocycles. The van der Waals surface area contributed by atoms with Crippen LogP contribution in [0.25, 0.3) is 11.3 Å². The maximum absolute atomic E-state index is 13.7. The average Bonchev–Trinajstić information content (AvgIpc) is 2.84. The molecule has 0 saturated carbocycles. The Bertz CT molecular complexity index is 1310. The number of rotatable bonds is 5. The summed E-state index contributed by atoms with van der Waals surface area (Å²) in [4.78, 5) is 37.5. The van der Waals surface area contributed by atoms with Crippen molar-refractivity contribution in [3.05, 3.63) is 102 Å². The SMILES string of the molecule is Cc1ccc(C(=O)NNC(=O)c2ccccc2F)cc1Nc1nccc(-c2cccnc2)n1. The minimum atomic E-state index is -0.757. The number of aryl methyl sites for hydroxylation is 1. The quantitative estimate of drug-likeness (QED) is 0.406. The lowest BCUT2D eigenvalue weighted by Gasteiger charge is -2.12. The van der Waals surface area contributed by atoms with Gasteiger partial charge >= 0.3 is 0 Å². The van der Waals surface area contributed by atoms with Crippen LogP contribution < -0.4 is 16.2 Å². The predicted molar refractivity (Wildman–Crippen MR) is 121 cm³/mol. The van der Waals surface area contributed by atoms with Crippen LogP contribution >= 0.6 is 0 Å². The van der Waals surface area contributed by atoms with Crippen molar-refractivity contribution in [2.45, 2.75) is 6.92 Å². The second-order valence-corrected chi connectivity index (χ2v) is 7.05. The van der Waals surface area contributed by atoms with Gasteiger partial charge in [-0.2, -0.15) is 0 Å². The normalized spacial score (nSPS) is 10.4. The van der Waals surface area contributed by atoms with Crippen molar-refractivity contribution in [2.75, 3.05) is 5.32 Å². The molecule has 9 heteroatoms. The summed E-state index contributed by atoms with van der Waals surface area (Å²) in [6.45, 7) is 1.87. The van der Waals surface area contributed by atoms with E-state index >= 15 is 0 Å². The van der Waals surface area contributed by atoms with Crippen LogP contribution in [0.5, 0.6) is 0 Å². The molecule has 0 aliphatic carbocycles. The van der Waals surface area contributed by atoms with E-state index in [0.717, 1.165) is 11.1 Å². The first-order chi connectivity index (χ1) is 16.0. The molecule has 164 valence electrons. The summed E-state index contributed by atoms with van der Waals surface area (Å²) in [5.74, 6) is -1.65. The van der Waals surface area contributed by atoms with E-state index in [2.05, 4.69) is 31.1 Å². The van der Waals surface area contributed by atoms with Gasteiger partial charge in [-0.25, -0.2) is 14.4 Å². The monoisotopic (exact) mass is 442 g/mol. The Kier molecular flexibility index (Phi) is 6.31. The average molecular weight is 442 g/mol. The maximum Gasteiger partial charge on any atom is 0.272 e. The molecular formula is C24H19FN6O2. The fraction of sp³-hybridized carbons (Fsp3) is 0.0417. The molecule has 33 heavy (non-hydrogen) atoms. The summed E-state index contributed by atoms with van der Waals surface area (Å²) in [7, 11) is 0. The molecule has 2 aromatic heterocycles. The molecule has 0 radical (unpaired) electrons. The van der Waals surface area contributed by atoms with Gasteiger partial charge < -0.3 is 5.32 Å². The molecule has 2 amide bonds. The summed E-state index contributed by atoms with van der Waals surface area (Å²) >= 11 is 0. The fourth-order valence-corrected chi connectivity index (χ4v) is 3.01. The highest BCUT2D eigenvalue weighted by molar-refractivity contribution is 5.99. The van der Waals surface area contributed by atoms with Crippen LogP contribution in [-0.4, -0.2) is 26.8 Å². The van der Waals surface area contributed by atoms with E-state index < -0.39 is 17.6 Å². The molecular weight excluding hydrogens is 423 g/mol. The smallest absolute Gasteiger partial charge is 0.272 e. The Morgan fingerprint density at radius 2 is 1.73 bits per heavy atom. The third kappa shape index (κ3) is 5.16. The third-order valence-electron chi connectivity index (χ3n) is 4.77. The Balaban J connectivity index is 1.47. The minimum Gasteiger partial charge on any atom is -0.324 e. The summed E-state index contributed by atoms with van der Waals surface area (Å²) in [5, 5.41) is 3.12. The zero-order valence-electron chi connectivity index (χ0n) is 17.5. The topological polar surface area (TPSA) is 109 Å². The molecule has 0 unspecified atom stereocenters. The number of hydrazine groups is 1. The molecule has 4 aromatic rings. The first kappa shape index (κ1) is 21.6. The lowest BCUT2D eigenvalue weighted by molar-refractivity contribution is 0.0844. The van der Waals surface area contributed by atoms with Crippen LogP contribution in [-0.2, 0) is 0 Å². The highest BCUT2D eigenvalue weighted by atomic mass is 19.1. The third-order valence-corrected chi connectivity index (χ3v) is 4.77. The van der Waals surface area contributed by atoms with E-state index in [-0.39, 0.29) is 11.1 Å². The van der Waals surface area contributed by atoms with Crippen molar-refractivity contribution in [1.82, 2.24) is 25.8 Å². The Labute approximate surface area is 188 Å². The van der Waals surface area contributed by atoms with Gasteiger partial charge in [-0.05, 0) is 55.0 Å². The number of anilines is 2. The van der Waals surface area contributed by atoms with Gasteiger partial charge in [0.15, 0.2) is 0 Å². The van der Waals surface area contributed by atoms with E-state index in [1.54, 1.807) is 42.9 Å². The number of pyridine rings is 1. The lowest BCUT2D eigenvalue weighted by Crippen LogP contribution is -2.41. The summed E-state index contributed by atoms with van der Waals surface area (Å²) in [5.41, 5.74) is 7.64. The number of hydrogen-bond donors (Lipinski definition) is 3. The van der Waals surface area contributed by atoms with Crippen molar-refractivity contribution >= 4 is 23.5 Å². The van der Waals surface area contributed by atoms with Crippen molar-refractivity contribution in [1.29, 1.82) is 0 Å². The van der Waals surface area contributed by atoms with E-state index in [1.807, 2.05) is 19.1 Å². The van der Waals surface area contributed by atoms with E-state index in [1.165, 1.54) is 24.3 Å². The van der Waals surface area contributed by atoms with Crippen molar-refractivity contribution in [3.63, 3.8) is 0 Å². The molecule has 0 aliphatic rings. The molecule has 3 N–H and O–H groups in total. The number of nitrogens with one attached hydrogen (secondary N) is 3. The van der Waals surface area contributed by atoms with Crippen LogP contribution in [0.15, 0.2) is 79.3 Å². The number of nitrogens with zero attached hydrogens (tertiary/aromatic N) is 3. The fourth-order valence-electron chi connectivity index (χ4n) is 3.01. The van der Waals surface area contributed by atoms with Crippen LogP contribution in [0, 0.1) is 12.7 Å². The Hall–Kier alpha value is -4.66. The maximum atomic E-state index is 13.7. The molecule has 4 rings (SSSR count). The molecule has 0 fully saturated rings. The minimum absolute atomic E-state index is 0.172. The summed E-state index contributed by atoms with van der Waals surface area (Å²) in [6, 6.07) is 16.0. The molecule has 0 atom stereocenters. The van der Waals surface area contributed by atoms with Crippen molar-refractivity contribution in [3.8, 4) is 11.3 Å². The molecule has 0 saturated heterocycles. The van der Waals surface area contributed by atoms with E-state index in [4.69, 9.17) is 0 Å². The molecule has 0 bridgehead atoms. The number of hydrogen-bond acceptors (Lipinski definition) is 6. The first-order valence-electron chi connectivity index (χ1n) is 9.97. The van der Waals surface area contributed by atoms with Gasteiger partial charge in [0, 0.05) is 35.4 Å². The van der Waals surface area contributed by atoms with Crippen molar-refractivity contribution in [2.24, 2.45) is 0 Å². The second kappa shape index (κ2) is 9.65. The summed E-state index contributed by atoms with van der Waals surface area (Å²) in [6.07, 6.45) is 5.02. The van der Waals surface area contributed by atoms with Crippen molar-refractivity contribution < 1.29 is 14.0 Å². The van der Waals surface area contributed by atoms with Gasteiger partial charge in [-0.15, -0.1) is 0 Å². The van der Waals surface area contributed by atoms with Gasteiger partial charge in [-0.1, -0.05) is 18.2 Å². The Morgan fingerprint density at radius 1 is 0.909 bits per heavy atom. The van der Waals surface area contributed by atoms with Gasteiger partial charge in [0.25, 0.3) is 11.8 Å². The van der Waals surface area contributed by atoms with Crippen LogP contribution in [0.1, 0.15) is 26.3 Å². The predicted octanol–water partition coefficient (Wildman–Crippen LogP) is 3.80. The standard InChI is InChI=1S/C24H19FN6O2/c1-15-8-9-16(22(32)30-31-23(33)18-6-2-3-7-19(18)25)13-21(15)29-24-27-12-10-20(28-24)17-5-4-11-26-14-17/h2-14H,1H3,(H,30,32)(H,31,33)(H,27,28,29). The number of carbonyl (C=O) groups is 2. The number of amides is 2. The summed E-state index contributed by atoms with van der Waals surface area (Å²) < 4.78 is 13.7. The second-order valence-electron chi connectivity index (χ2n) is 7.05. The molecule has 0 aliphatic heterocycles. The molecule has 0 spiro atoms. The number of benzene rings is 2. The number of aromatic nitrogens is 3. The highest BCUT2D eigenvalue weighted by Gasteiger charge is 2.14. The van der Waals surface area contributed by atoms with Gasteiger partial charge in [0.2, 0.25) is 5.95 Å². The molecule has 8 nitrogen and oxygen atoms in total. The largest absolute Gasteiger partial charge is 0.324 e.